The normalized spacial score (nSPS) is 11.5. The molecule has 0 spiro atoms. The van der Waals surface area contributed by atoms with E-state index < -0.39 is 22.9 Å². The zero-order valence-corrected chi connectivity index (χ0v) is 16.2. The van der Waals surface area contributed by atoms with Crippen LogP contribution in [0.5, 0.6) is 0 Å². The molecule has 3 rings (SSSR count). The molecule has 0 aliphatic carbocycles. The average Bonchev–Trinajstić information content (AvgIpc) is 2.92. The van der Waals surface area contributed by atoms with Crippen LogP contribution in [0, 0.1) is 32.1 Å². The fourth-order valence-electron chi connectivity index (χ4n) is 3.04. The molecule has 144 valence electrons. The monoisotopic (exact) mass is 403 g/mol. The second-order valence-electron chi connectivity index (χ2n) is 6.43. The Morgan fingerprint density at radius 1 is 1.21 bits per heavy atom. The largest absolute Gasteiger partial charge is 0.417 e. The topological polar surface area (TPSA) is 58.7 Å². The van der Waals surface area contributed by atoms with Gasteiger partial charge in [-0.1, -0.05) is 23.8 Å². The average molecular weight is 403 g/mol. The van der Waals surface area contributed by atoms with Gasteiger partial charge in [0, 0.05) is 4.88 Å². The summed E-state index contributed by atoms with van der Waals surface area (Å²) in [7, 11) is 0. The van der Waals surface area contributed by atoms with Gasteiger partial charge in [0.05, 0.1) is 28.5 Å². The third kappa shape index (κ3) is 3.71. The molecule has 0 radical (unpaired) electrons. The van der Waals surface area contributed by atoms with Crippen LogP contribution in [0.2, 0.25) is 0 Å². The van der Waals surface area contributed by atoms with Crippen LogP contribution in [0.1, 0.15) is 32.3 Å². The first kappa shape index (κ1) is 19.8. The maximum atomic E-state index is 13.5. The van der Waals surface area contributed by atoms with Gasteiger partial charge in [0.15, 0.2) is 0 Å². The molecule has 0 amide bonds. The van der Waals surface area contributed by atoms with Gasteiger partial charge in [-0.15, -0.1) is 11.3 Å². The van der Waals surface area contributed by atoms with Gasteiger partial charge in [0.2, 0.25) is 0 Å². The fraction of sp³-hybridized carbons (Fsp3) is 0.250. The first-order valence-corrected chi connectivity index (χ1v) is 9.18. The van der Waals surface area contributed by atoms with Crippen LogP contribution in [-0.4, -0.2) is 9.55 Å². The molecule has 2 heterocycles. The minimum absolute atomic E-state index is 0.0479. The van der Waals surface area contributed by atoms with Crippen molar-refractivity contribution in [3.63, 3.8) is 0 Å². The van der Waals surface area contributed by atoms with E-state index in [9.17, 15) is 23.2 Å². The third-order valence-corrected chi connectivity index (χ3v) is 5.39. The van der Waals surface area contributed by atoms with E-state index in [4.69, 9.17) is 0 Å². The van der Waals surface area contributed by atoms with Crippen molar-refractivity contribution >= 4 is 11.3 Å². The number of nitriles is 1. The minimum atomic E-state index is -4.81. The molecule has 3 aromatic rings. The Labute approximate surface area is 163 Å². The highest BCUT2D eigenvalue weighted by atomic mass is 32.1. The zero-order chi connectivity index (χ0) is 20.6. The van der Waals surface area contributed by atoms with Gasteiger partial charge in [-0.3, -0.25) is 4.79 Å². The molecule has 0 saturated heterocycles. The summed E-state index contributed by atoms with van der Waals surface area (Å²) in [6.45, 7) is 5.47. The van der Waals surface area contributed by atoms with E-state index in [0.29, 0.717) is 11.3 Å². The minimum Gasteiger partial charge on any atom is -0.302 e. The van der Waals surface area contributed by atoms with Crippen molar-refractivity contribution < 1.29 is 13.2 Å². The molecule has 0 aliphatic rings. The molecular formula is C20H16F3N3OS. The predicted molar refractivity (Wildman–Crippen MR) is 101 cm³/mol. The van der Waals surface area contributed by atoms with E-state index in [1.54, 1.807) is 25.1 Å². The Kier molecular flexibility index (Phi) is 5.13. The molecule has 4 nitrogen and oxygen atoms in total. The first-order valence-electron chi connectivity index (χ1n) is 8.37. The van der Waals surface area contributed by atoms with E-state index in [0.717, 1.165) is 21.5 Å². The smallest absolute Gasteiger partial charge is 0.302 e. The summed E-state index contributed by atoms with van der Waals surface area (Å²) in [6, 6.07) is 9.22. The summed E-state index contributed by atoms with van der Waals surface area (Å²) >= 11 is 1.37. The predicted octanol–water partition coefficient (Wildman–Crippen LogP) is 4.84. The fourth-order valence-corrected chi connectivity index (χ4v) is 3.97. The number of benzene rings is 1. The highest BCUT2D eigenvalue weighted by Crippen LogP contribution is 2.34. The third-order valence-electron chi connectivity index (χ3n) is 4.33. The molecule has 0 N–H and O–H groups in total. The summed E-state index contributed by atoms with van der Waals surface area (Å²) in [5, 5.41) is 10.0. The molecule has 0 atom stereocenters. The lowest BCUT2D eigenvalue weighted by Crippen LogP contribution is -2.28. The number of hydrogen-bond acceptors (Lipinski definition) is 4. The summed E-state index contributed by atoms with van der Waals surface area (Å²) < 4.78 is 41.8. The van der Waals surface area contributed by atoms with E-state index >= 15 is 0 Å². The van der Waals surface area contributed by atoms with Crippen LogP contribution in [-0.2, 0) is 12.7 Å². The lowest BCUT2D eigenvalue weighted by molar-refractivity contribution is -0.137. The number of hydrogen-bond donors (Lipinski definition) is 0. The molecule has 0 fully saturated rings. The van der Waals surface area contributed by atoms with E-state index in [-0.39, 0.29) is 12.2 Å². The number of pyridine rings is 1. The van der Waals surface area contributed by atoms with Gasteiger partial charge in [-0.25, -0.2) is 4.98 Å². The van der Waals surface area contributed by atoms with E-state index in [2.05, 4.69) is 4.98 Å². The van der Waals surface area contributed by atoms with Gasteiger partial charge < -0.3 is 4.57 Å². The maximum Gasteiger partial charge on any atom is 0.417 e. The quantitative estimate of drug-likeness (QED) is 0.629. The maximum absolute atomic E-state index is 13.5. The molecule has 0 bridgehead atoms. The summed E-state index contributed by atoms with van der Waals surface area (Å²) in [4.78, 5) is 18.0. The Morgan fingerprint density at radius 3 is 2.46 bits per heavy atom. The molecule has 0 aliphatic heterocycles. The molecule has 1 aromatic carbocycles. The van der Waals surface area contributed by atoms with Crippen LogP contribution in [0.3, 0.4) is 0 Å². The molecular weight excluding hydrogens is 387 g/mol. The molecule has 2 aromatic heterocycles. The van der Waals surface area contributed by atoms with Crippen LogP contribution in [0.15, 0.2) is 35.1 Å². The molecule has 0 unspecified atom stereocenters. The number of thiazole rings is 1. The van der Waals surface area contributed by atoms with Crippen LogP contribution in [0.25, 0.3) is 11.3 Å². The van der Waals surface area contributed by atoms with E-state index in [1.807, 2.05) is 19.9 Å². The van der Waals surface area contributed by atoms with Crippen LogP contribution < -0.4 is 5.56 Å². The Balaban J connectivity index is 2.34. The number of aromatic nitrogens is 2. The van der Waals surface area contributed by atoms with Crippen LogP contribution in [0.4, 0.5) is 13.2 Å². The summed E-state index contributed by atoms with van der Waals surface area (Å²) in [6.07, 6.45) is -4.81. The van der Waals surface area contributed by atoms with Gasteiger partial charge in [-0.05, 0) is 38.5 Å². The van der Waals surface area contributed by atoms with Crippen LogP contribution >= 0.6 is 11.3 Å². The van der Waals surface area contributed by atoms with Crippen molar-refractivity contribution in [3.05, 3.63) is 73.0 Å². The molecule has 8 heteroatoms. The van der Waals surface area contributed by atoms with Gasteiger partial charge in [-0.2, -0.15) is 18.4 Å². The van der Waals surface area contributed by atoms with Crippen molar-refractivity contribution in [2.75, 3.05) is 0 Å². The Bertz CT molecular complexity index is 1150. The number of aryl methyl sites for hydroxylation is 3. The van der Waals surface area contributed by atoms with Gasteiger partial charge >= 0.3 is 6.18 Å². The zero-order valence-electron chi connectivity index (χ0n) is 15.4. The summed E-state index contributed by atoms with van der Waals surface area (Å²) in [5.74, 6) is 0. The van der Waals surface area contributed by atoms with E-state index in [1.165, 1.54) is 22.0 Å². The van der Waals surface area contributed by atoms with Crippen molar-refractivity contribution in [3.8, 4) is 17.3 Å². The number of halogens is 3. The Hall–Kier alpha value is -2.92. The van der Waals surface area contributed by atoms with Crippen molar-refractivity contribution in [1.29, 1.82) is 5.26 Å². The van der Waals surface area contributed by atoms with Crippen molar-refractivity contribution in [2.24, 2.45) is 0 Å². The second kappa shape index (κ2) is 7.24. The van der Waals surface area contributed by atoms with Crippen molar-refractivity contribution in [2.45, 2.75) is 33.5 Å². The Morgan fingerprint density at radius 2 is 1.93 bits per heavy atom. The van der Waals surface area contributed by atoms with Crippen molar-refractivity contribution in [1.82, 2.24) is 9.55 Å². The number of nitrogens with zero attached hydrogens (tertiary/aromatic N) is 3. The highest BCUT2D eigenvalue weighted by molar-refractivity contribution is 7.11. The SMILES string of the molecule is Cc1cccc(-c2cc(C(F)(F)F)c(C#N)c(=O)n2Cc2sc(C)nc2C)c1. The molecule has 28 heavy (non-hydrogen) atoms. The lowest BCUT2D eigenvalue weighted by Gasteiger charge is -2.17. The number of rotatable bonds is 3. The van der Waals surface area contributed by atoms with Gasteiger partial charge in [0.1, 0.15) is 11.6 Å². The highest BCUT2D eigenvalue weighted by Gasteiger charge is 2.36. The summed E-state index contributed by atoms with van der Waals surface area (Å²) in [5.41, 5.74) is -0.925. The molecule has 0 saturated carbocycles. The first-order chi connectivity index (χ1) is 13.1. The standard InChI is InChI=1S/C20H16F3N3OS/c1-11-5-4-6-14(7-11)17-8-16(20(21,22)23)15(9-24)19(27)26(17)10-18-12(2)25-13(3)28-18/h4-8H,10H2,1-3H3. The second-order valence-corrected chi connectivity index (χ2v) is 7.72. The number of alkyl halides is 3. The van der Waals surface area contributed by atoms with Gasteiger partial charge in [0.25, 0.3) is 5.56 Å². The lowest BCUT2D eigenvalue weighted by atomic mass is 10.0.